The SMILES string of the molecule is CN1C(=O)CC(c2ccccc2Cl)=Nc2ccc(Cl)cc21. The van der Waals surface area contributed by atoms with Crippen LogP contribution in [0.15, 0.2) is 47.5 Å². The van der Waals surface area contributed by atoms with E-state index in [4.69, 9.17) is 23.2 Å². The number of hydrogen-bond acceptors (Lipinski definition) is 2. The van der Waals surface area contributed by atoms with Crippen LogP contribution in [0, 0.1) is 0 Å². The Labute approximate surface area is 132 Å². The average molecular weight is 319 g/mol. The van der Waals surface area contributed by atoms with Gasteiger partial charge in [0.25, 0.3) is 0 Å². The molecule has 0 fully saturated rings. The lowest BCUT2D eigenvalue weighted by Gasteiger charge is -2.16. The first-order valence-electron chi connectivity index (χ1n) is 6.45. The van der Waals surface area contributed by atoms with Crippen molar-refractivity contribution < 1.29 is 4.79 Å². The Kier molecular flexibility index (Phi) is 3.70. The Balaban J connectivity index is 2.18. The number of halogens is 2. The quantitative estimate of drug-likeness (QED) is 0.763. The van der Waals surface area contributed by atoms with Crippen LogP contribution in [0.4, 0.5) is 11.4 Å². The topological polar surface area (TPSA) is 32.7 Å². The van der Waals surface area contributed by atoms with Crippen LogP contribution < -0.4 is 4.90 Å². The highest BCUT2D eigenvalue weighted by Crippen LogP contribution is 2.35. The molecule has 1 aliphatic rings. The van der Waals surface area contributed by atoms with E-state index >= 15 is 0 Å². The second-order valence-electron chi connectivity index (χ2n) is 4.80. The molecule has 0 saturated carbocycles. The molecule has 1 aliphatic heterocycles. The van der Waals surface area contributed by atoms with E-state index in [9.17, 15) is 4.79 Å². The van der Waals surface area contributed by atoms with Gasteiger partial charge >= 0.3 is 0 Å². The van der Waals surface area contributed by atoms with Gasteiger partial charge in [-0.05, 0) is 24.3 Å². The summed E-state index contributed by atoms with van der Waals surface area (Å²) >= 11 is 12.2. The Morgan fingerprint density at radius 1 is 1.14 bits per heavy atom. The first kappa shape index (κ1) is 14.1. The fraction of sp³-hybridized carbons (Fsp3) is 0.125. The number of carbonyl (C=O) groups is 1. The molecule has 5 heteroatoms. The summed E-state index contributed by atoms with van der Waals surface area (Å²) in [6.45, 7) is 0. The van der Waals surface area contributed by atoms with Crippen molar-refractivity contribution in [1.82, 2.24) is 0 Å². The molecule has 1 amide bonds. The summed E-state index contributed by atoms with van der Waals surface area (Å²) in [4.78, 5) is 18.5. The Morgan fingerprint density at radius 2 is 1.90 bits per heavy atom. The van der Waals surface area contributed by atoms with E-state index < -0.39 is 0 Å². The molecule has 1 heterocycles. The van der Waals surface area contributed by atoms with Crippen LogP contribution in [-0.4, -0.2) is 18.7 Å². The summed E-state index contributed by atoms with van der Waals surface area (Å²) in [6.07, 6.45) is 0.201. The predicted molar refractivity (Wildman–Crippen MR) is 87.1 cm³/mol. The van der Waals surface area contributed by atoms with Crippen LogP contribution in [0.5, 0.6) is 0 Å². The molecular weight excluding hydrogens is 307 g/mol. The minimum Gasteiger partial charge on any atom is -0.313 e. The first-order chi connectivity index (χ1) is 10.1. The van der Waals surface area contributed by atoms with Crippen molar-refractivity contribution in [3.8, 4) is 0 Å². The van der Waals surface area contributed by atoms with Gasteiger partial charge in [-0.1, -0.05) is 41.4 Å². The maximum atomic E-state index is 12.3. The number of aliphatic imine (C=N–C) groups is 1. The second-order valence-corrected chi connectivity index (χ2v) is 5.64. The van der Waals surface area contributed by atoms with Crippen molar-refractivity contribution >= 4 is 46.2 Å². The lowest BCUT2D eigenvalue weighted by Crippen LogP contribution is -2.27. The lowest BCUT2D eigenvalue weighted by atomic mass is 10.1. The van der Waals surface area contributed by atoms with Crippen LogP contribution in [-0.2, 0) is 4.79 Å². The van der Waals surface area contributed by atoms with Crippen molar-refractivity contribution in [3.05, 3.63) is 58.1 Å². The third-order valence-corrected chi connectivity index (χ3v) is 4.00. The molecular formula is C16H12Cl2N2O. The van der Waals surface area contributed by atoms with Gasteiger partial charge in [-0.3, -0.25) is 9.79 Å². The minimum absolute atomic E-state index is 0.0466. The molecule has 3 nitrogen and oxygen atoms in total. The van der Waals surface area contributed by atoms with Gasteiger partial charge in [0.2, 0.25) is 5.91 Å². The highest BCUT2D eigenvalue weighted by molar-refractivity contribution is 6.35. The maximum absolute atomic E-state index is 12.3. The maximum Gasteiger partial charge on any atom is 0.232 e. The van der Waals surface area contributed by atoms with Gasteiger partial charge in [0.05, 0.1) is 23.5 Å². The molecule has 0 atom stereocenters. The van der Waals surface area contributed by atoms with Crippen molar-refractivity contribution in [2.24, 2.45) is 4.99 Å². The molecule has 3 rings (SSSR count). The summed E-state index contributed by atoms with van der Waals surface area (Å²) in [5, 5.41) is 1.16. The minimum atomic E-state index is -0.0466. The Morgan fingerprint density at radius 3 is 2.67 bits per heavy atom. The Hall–Kier alpha value is -1.84. The highest BCUT2D eigenvalue weighted by Gasteiger charge is 2.23. The van der Waals surface area contributed by atoms with Crippen LogP contribution in [0.3, 0.4) is 0 Å². The van der Waals surface area contributed by atoms with Crippen LogP contribution in [0.1, 0.15) is 12.0 Å². The third-order valence-electron chi connectivity index (χ3n) is 3.43. The number of anilines is 1. The molecule has 2 aromatic rings. The molecule has 0 saturated heterocycles. The Bertz CT molecular complexity index is 756. The third kappa shape index (κ3) is 2.67. The molecule has 2 aromatic carbocycles. The number of fused-ring (bicyclic) bond motifs is 1. The second kappa shape index (κ2) is 5.51. The normalized spacial score (nSPS) is 14.5. The van der Waals surface area contributed by atoms with Crippen molar-refractivity contribution in [2.75, 3.05) is 11.9 Å². The number of rotatable bonds is 1. The smallest absolute Gasteiger partial charge is 0.232 e. The summed E-state index contributed by atoms with van der Waals surface area (Å²) in [7, 11) is 1.72. The summed E-state index contributed by atoms with van der Waals surface area (Å²) in [5.74, 6) is -0.0466. The molecule has 0 bridgehead atoms. The van der Waals surface area contributed by atoms with E-state index in [2.05, 4.69) is 4.99 Å². The summed E-state index contributed by atoms with van der Waals surface area (Å²) in [6, 6.07) is 12.7. The van der Waals surface area contributed by atoms with Gasteiger partial charge in [0.1, 0.15) is 0 Å². The molecule has 106 valence electrons. The highest BCUT2D eigenvalue weighted by atomic mass is 35.5. The van der Waals surface area contributed by atoms with E-state index in [0.717, 1.165) is 5.56 Å². The summed E-state index contributed by atoms with van der Waals surface area (Å²) < 4.78 is 0. The molecule has 21 heavy (non-hydrogen) atoms. The number of carbonyl (C=O) groups excluding carboxylic acids is 1. The van der Waals surface area contributed by atoms with Crippen LogP contribution in [0.2, 0.25) is 10.0 Å². The van der Waals surface area contributed by atoms with Gasteiger partial charge in [-0.2, -0.15) is 0 Å². The average Bonchev–Trinajstić information content (AvgIpc) is 2.58. The van der Waals surface area contributed by atoms with Crippen LogP contribution >= 0.6 is 23.2 Å². The van der Waals surface area contributed by atoms with Gasteiger partial charge in [-0.15, -0.1) is 0 Å². The number of hydrogen-bond donors (Lipinski definition) is 0. The molecule has 0 spiro atoms. The van der Waals surface area contributed by atoms with Gasteiger partial charge in [0, 0.05) is 22.7 Å². The summed E-state index contributed by atoms with van der Waals surface area (Å²) in [5.41, 5.74) is 2.86. The first-order valence-corrected chi connectivity index (χ1v) is 7.20. The molecule has 0 radical (unpaired) electrons. The van der Waals surface area contributed by atoms with Crippen molar-refractivity contribution in [1.29, 1.82) is 0 Å². The van der Waals surface area contributed by atoms with Crippen molar-refractivity contribution in [2.45, 2.75) is 6.42 Å². The number of benzene rings is 2. The van der Waals surface area contributed by atoms with Gasteiger partial charge < -0.3 is 4.90 Å². The van der Waals surface area contributed by atoms with Gasteiger partial charge in [-0.25, -0.2) is 0 Å². The van der Waals surface area contributed by atoms with Gasteiger partial charge in [0.15, 0.2) is 0 Å². The molecule has 0 N–H and O–H groups in total. The zero-order valence-electron chi connectivity index (χ0n) is 11.3. The van der Waals surface area contributed by atoms with E-state index in [0.29, 0.717) is 27.1 Å². The monoisotopic (exact) mass is 318 g/mol. The van der Waals surface area contributed by atoms with Crippen molar-refractivity contribution in [3.63, 3.8) is 0 Å². The fourth-order valence-electron chi connectivity index (χ4n) is 2.29. The zero-order valence-corrected chi connectivity index (χ0v) is 12.8. The standard InChI is InChI=1S/C16H12Cl2N2O/c1-20-15-8-10(17)6-7-13(15)19-14(9-16(20)21)11-4-2-3-5-12(11)18/h2-8H,9H2,1H3. The largest absolute Gasteiger partial charge is 0.313 e. The molecule has 0 aromatic heterocycles. The molecule has 0 unspecified atom stereocenters. The number of amides is 1. The fourth-order valence-corrected chi connectivity index (χ4v) is 2.70. The van der Waals surface area contributed by atoms with E-state index in [1.54, 1.807) is 30.1 Å². The lowest BCUT2D eigenvalue weighted by molar-refractivity contribution is -0.117. The van der Waals surface area contributed by atoms with E-state index in [1.165, 1.54) is 0 Å². The predicted octanol–water partition coefficient (Wildman–Crippen LogP) is 4.48. The van der Waals surface area contributed by atoms with E-state index in [-0.39, 0.29) is 12.3 Å². The van der Waals surface area contributed by atoms with E-state index in [1.807, 2.05) is 24.3 Å². The molecule has 0 aliphatic carbocycles. The zero-order chi connectivity index (χ0) is 15.0. The van der Waals surface area contributed by atoms with Crippen LogP contribution in [0.25, 0.3) is 0 Å². The number of nitrogens with zero attached hydrogens (tertiary/aromatic N) is 2.